The molecule has 1 aliphatic heterocycles. The highest BCUT2D eigenvalue weighted by Gasteiger charge is 2.29. The minimum absolute atomic E-state index is 0.0865. The highest BCUT2D eigenvalue weighted by Crippen LogP contribution is 2.29. The molecule has 0 radical (unpaired) electrons. The van der Waals surface area contributed by atoms with Gasteiger partial charge in [0.15, 0.2) is 11.4 Å². The van der Waals surface area contributed by atoms with Crippen molar-refractivity contribution in [2.24, 2.45) is 0 Å². The van der Waals surface area contributed by atoms with Gasteiger partial charge in [-0.2, -0.15) is 5.26 Å². The van der Waals surface area contributed by atoms with E-state index in [1.165, 1.54) is 19.2 Å². The molecule has 1 aromatic carbocycles. The lowest BCUT2D eigenvalue weighted by molar-refractivity contribution is -0.132. The van der Waals surface area contributed by atoms with Crippen LogP contribution in [0.3, 0.4) is 0 Å². The molecule has 180 valence electrons. The SMILES string of the molecule is CC(=O)N1CCN(c2ccc3c(O)c(C(=O)NCc4ccc(C#N)cc4Cl)ncc3n2)CC1CO. The molecule has 0 aliphatic carbocycles. The Morgan fingerprint density at radius 2 is 2.09 bits per heavy atom. The third-order valence-corrected chi connectivity index (χ3v) is 6.32. The van der Waals surface area contributed by atoms with E-state index in [1.54, 1.807) is 29.2 Å². The zero-order valence-corrected chi connectivity index (χ0v) is 19.7. The second-order valence-corrected chi connectivity index (χ2v) is 8.56. The molecule has 1 atom stereocenters. The Balaban J connectivity index is 1.51. The van der Waals surface area contributed by atoms with Gasteiger partial charge in [0.2, 0.25) is 5.91 Å². The van der Waals surface area contributed by atoms with Gasteiger partial charge in [0.1, 0.15) is 5.82 Å². The number of nitrogens with zero attached hydrogens (tertiary/aromatic N) is 5. The Morgan fingerprint density at radius 3 is 2.77 bits per heavy atom. The summed E-state index contributed by atoms with van der Waals surface area (Å²) in [5.41, 5.74) is 1.29. The van der Waals surface area contributed by atoms with Crippen molar-refractivity contribution in [1.29, 1.82) is 5.26 Å². The zero-order valence-electron chi connectivity index (χ0n) is 18.9. The number of hydrogen-bond donors (Lipinski definition) is 3. The molecule has 1 unspecified atom stereocenters. The van der Waals surface area contributed by atoms with E-state index in [2.05, 4.69) is 15.3 Å². The molecule has 2 amide bonds. The maximum atomic E-state index is 12.7. The highest BCUT2D eigenvalue weighted by molar-refractivity contribution is 6.31. The molecule has 0 saturated carbocycles. The van der Waals surface area contributed by atoms with Gasteiger partial charge in [0, 0.05) is 43.5 Å². The summed E-state index contributed by atoms with van der Waals surface area (Å²) in [4.78, 5) is 36.7. The first-order valence-corrected chi connectivity index (χ1v) is 11.3. The first-order chi connectivity index (χ1) is 16.8. The number of pyridine rings is 2. The van der Waals surface area contributed by atoms with Gasteiger partial charge in [-0.25, -0.2) is 9.97 Å². The van der Waals surface area contributed by atoms with Gasteiger partial charge >= 0.3 is 0 Å². The Hall–Kier alpha value is -3.94. The van der Waals surface area contributed by atoms with Crippen LogP contribution in [-0.4, -0.2) is 69.2 Å². The maximum absolute atomic E-state index is 12.7. The standard InChI is InChI=1S/C24H23ClN6O4/c1-14(33)31-7-6-30(12-17(31)13-32)21-5-4-18-20(29-21)11-27-22(23(18)34)24(35)28-10-16-3-2-15(9-26)8-19(16)25/h2-5,8,11,17,32,34H,6-7,10,12-13H2,1H3,(H,28,35). The van der Waals surface area contributed by atoms with Crippen LogP contribution in [0.15, 0.2) is 36.5 Å². The average Bonchev–Trinajstić information content (AvgIpc) is 2.87. The number of fused-ring (bicyclic) bond motifs is 1. The van der Waals surface area contributed by atoms with Crippen LogP contribution in [0, 0.1) is 11.3 Å². The lowest BCUT2D eigenvalue weighted by Crippen LogP contribution is -2.56. The number of amides is 2. The van der Waals surface area contributed by atoms with Gasteiger partial charge in [0.05, 0.1) is 36.0 Å². The van der Waals surface area contributed by atoms with Crippen molar-refractivity contribution in [1.82, 2.24) is 20.2 Å². The summed E-state index contributed by atoms with van der Waals surface area (Å²) in [6.45, 7) is 2.86. The Bertz CT molecular complexity index is 1340. The number of carbonyl (C=O) groups excluding carboxylic acids is 2. The van der Waals surface area contributed by atoms with Gasteiger partial charge in [-0.15, -0.1) is 0 Å². The van der Waals surface area contributed by atoms with Crippen LogP contribution in [0.25, 0.3) is 10.9 Å². The van der Waals surface area contributed by atoms with Crippen molar-refractivity contribution in [3.63, 3.8) is 0 Å². The molecule has 3 aromatic rings. The number of rotatable bonds is 5. The molecule has 2 aromatic heterocycles. The quantitative estimate of drug-likeness (QED) is 0.487. The summed E-state index contributed by atoms with van der Waals surface area (Å²) in [5, 5.41) is 32.7. The van der Waals surface area contributed by atoms with E-state index >= 15 is 0 Å². The van der Waals surface area contributed by atoms with Gasteiger partial charge in [-0.05, 0) is 29.8 Å². The van der Waals surface area contributed by atoms with Crippen LogP contribution in [-0.2, 0) is 11.3 Å². The number of benzene rings is 1. The van der Waals surface area contributed by atoms with Crippen molar-refractivity contribution >= 4 is 40.1 Å². The highest BCUT2D eigenvalue weighted by atomic mass is 35.5. The Morgan fingerprint density at radius 1 is 1.29 bits per heavy atom. The zero-order chi connectivity index (χ0) is 25.1. The molecule has 3 N–H and O–H groups in total. The first kappa shape index (κ1) is 24.2. The summed E-state index contributed by atoms with van der Waals surface area (Å²) in [6, 6.07) is 9.81. The molecule has 4 rings (SSSR count). The minimum atomic E-state index is -0.583. The fraction of sp³-hybridized carbons (Fsp3) is 0.292. The number of piperazine rings is 1. The van der Waals surface area contributed by atoms with Gasteiger partial charge < -0.3 is 25.3 Å². The monoisotopic (exact) mass is 494 g/mol. The predicted octanol–water partition coefficient (Wildman–Crippen LogP) is 1.82. The largest absolute Gasteiger partial charge is 0.505 e. The summed E-state index contributed by atoms with van der Waals surface area (Å²) < 4.78 is 0. The van der Waals surface area contributed by atoms with Crippen LogP contribution in [0.5, 0.6) is 5.75 Å². The molecule has 1 fully saturated rings. The number of carbonyl (C=O) groups is 2. The Labute approximate surface area is 206 Å². The summed E-state index contributed by atoms with van der Waals surface area (Å²) in [5.74, 6) is -0.343. The van der Waals surface area contributed by atoms with Crippen molar-refractivity contribution in [2.45, 2.75) is 19.5 Å². The van der Waals surface area contributed by atoms with Crippen molar-refractivity contribution < 1.29 is 19.8 Å². The molecule has 11 heteroatoms. The van der Waals surface area contributed by atoms with Crippen LogP contribution in [0.4, 0.5) is 5.82 Å². The molecule has 35 heavy (non-hydrogen) atoms. The van der Waals surface area contributed by atoms with Gasteiger partial charge in [-0.3, -0.25) is 9.59 Å². The molecule has 1 aliphatic rings. The Kier molecular flexibility index (Phi) is 7.00. The number of aliphatic hydroxyl groups is 1. The second kappa shape index (κ2) is 10.1. The fourth-order valence-electron chi connectivity index (χ4n) is 4.07. The van der Waals surface area contributed by atoms with Crippen molar-refractivity contribution in [3.8, 4) is 11.8 Å². The van der Waals surface area contributed by atoms with E-state index in [9.17, 15) is 19.8 Å². The van der Waals surface area contributed by atoms with Gasteiger partial charge in [0.25, 0.3) is 5.91 Å². The van der Waals surface area contributed by atoms with Crippen LogP contribution in [0.1, 0.15) is 28.5 Å². The number of nitrogens with one attached hydrogen (secondary N) is 1. The van der Waals surface area contributed by atoms with E-state index < -0.39 is 5.91 Å². The minimum Gasteiger partial charge on any atom is -0.505 e. The summed E-state index contributed by atoms with van der Waals surface area (Å²) >= 11 is 6.15. The van der Waals surface area contributed by atoms with Crippen LogP contribution in [0.2, 0.25) is 5.02 Å². The topological polar surface area (TPSA) is 143 Å². The number of aromatic nitrogens is 2. The summed E-state index contributed by atoms with van der Waals surface area (Å²) in [7, 11) is 0. The number of hydrogen-bond acceptors (Lipinski definition) is 8. The van der Waals surface area contributed by atoms with E-state index in [4.69, 9.17) is 16.9 Å². The third kappa shape index (κ3) is 4.96. The van der Waals surface area contributed by atoms with Crippen molar-refractivity contribution in [3.05, 3.63) is 58.4 Å². The number of anilines is 1. The van der Waals surface area contributed by atoms with E-state index in [0.717, 1.165) is 0 Å². The van der Waals surface area contributed by atoms with Crippen molar-refractivity contribution in [2.75, 3.05) is 31.1 Å². The number of nitriles is 1. The fourth-order valence-corrected chi connectivity index (χ4v) is 4.32. The number of aromatic hydroxyl groups is 1. The molecular formula is C24H23ClN6O4. The number of halogens is 1. The second-order valence-electron chi connectivity index (χ2n) is 8.15. The maximum Gasteiger partial charge on any atom is 0.274 e. The smallest absolute Gasteiger partial charge is 0.274 e. The molecule has 1 saturated heterocycles. The van der Waals surface area contributed by atoms with Crippen LogP contribution >= 0.6 is 11.6 Å². The first-order valence-electron chi connectivity index (χ1n) is 10.9. The average molecular weight is 495 g/mol. The predicted molar refractivity (Wildman–Crippen MR) is 129 cm³/mol. The molecule has 0 spiro atoms. The normalized spacial score (nSPS) is 15.7. The van der Waals surface area contributed by atoms with E-state index in [1.807, 2.05) is 11.0 Å². The number of aliphatic hydroxyl groups excluding tert-OH is 1. The molecular weight excluding hydrogens is 472 g/mol. The lowest BCUT2D eigenvalue weighted by Gasteiger charge is -2.40. The third-order valence-electron chi connectivity index (χ3n) is 5.96. The van der Waals surface area contributed by atoms with Gasteiger partial charge in [-0.1, -0.05) is 17.7 Å². The molecule has 3 heterocycles. The molecule has 10 nitrogen and oxygen atoms in total. The van der Waals surface area contributed by atoms with Crippen LogP contribution < -0.4 is 10.2 Å². The summed E-state index contributed by atoms with van der Waals surface area (Å²) in [6.07, 6.45) is 1.41. The van der Waals surface area contributed by atoms with E-state index in [-0.39, 0.29) is 36.5 Å². The molecule has 0 bridgehead atoms. The lowest BCUT2D eigenvalue weighted by atomic mass is 10.1. The van der Waals surface area contributed by atoms with E-state index in [0.29, 0.717) is 52.5 Å².